The van der Waals surface area contributed by atoms with Crippen LogP contribution in [0.3, 0.4) is 0 Å². The molecule has 0 aromatic heterocycles. The van der Waals surface area contributed by atoms with Gasteiger partial charge >= 0.3 is 0 Å². The van der Waals surface area contributed by atoms with Gasteiger partial charge in [-0.1, -0.05) is 73.5 Å². The zero-order valence-electron chi connectivity index (χ0n) is 15.9. The number of hydrogen-bond acceptors (Lipinski definition) is 1. The average molecular weight is 354 g/mol. The van der Waals surface area contributed by atoms with E-state index in [2.05, 4.69) is 72.1 Å². The molecular weight excluding hydrogens is 326 g/mol. The predicted molar refractivity (Wildman–Crippen MR) is 117 cm³/mol. The second-order valence-electron chi connectivity index (χ2n) is 8.00. The fraction of sp³-hybridized carbons (Fsp3) is 0.308. The summed E-state index contributed by atoms with van der Waals surface area (Å²) in [7, 11) is 0. The first-order valence-electron chi connectivity index (χ1n) is 10.4. The Morgan fingerprint density at radius 3 is 2.70 bits per heavy atom. The molecule has 1 atom stereocenters. The molecule has 0 radical (unpaired) electrons. The van der Waals surface area contributed by atoms with E-state index in [-0.39, 0.29) is 0 Å². The first-order chi connectivity index (χ1) is 13.4. The monoisotopic (exact) mass is 353 g/mol. The summed E-state index contributed by atoms with van der Waals surface area (Å²) in [6.45, 7) is 1.08. The van der Waals surface area contributed by atoms with Crippen molar-refractivity contribution in [1.29, 1.82) is 0 Å². The Labute approximate surface area is 162 Å². The van der Waals surface area contributed by atoms with Crippen molar-refractivity contribution in [3.63, 3.8) is 0 Å². The molecule has 0 fully saturated rings. The van der Waals surface area contributed by atoms with Gasteiger partial charge in [-0.05, 0) is 64.8 Å². The third kappa shape index (κ3) is 3.16. The maximum Gasteiger partial charge on any atom is 0.0378 e. The summed E-state index contributed by atoms with van der Waals surface area (Å²) in [5.41, 5.74) is 7.33. The van der Waals surface area contributed by atoms with Crippen molar-refractivity contribution in [2.45, 2.75) is 44.4 Å². The summed E-state index contributed by atoms with van der Waals surface area (Å²) in [4.78, 5) is 0. The Morgan fingerprint density at radius 2 is 1.70 bits per heavy atom. The lowest BCUT2D eigenvalue weighted by Gasteiger charge is -2.26. The highest BCUT2D eigenvalue weighted by molar-refractivity contribution is 5.91. The minimum absolute atomic E-state index is 0.447. The number of rotatable bonds is 0. The molecule has 0 spiro atoms. The quantitative estimate of drug-likeness (QED) is 0.473. The SMILES string of the molecule is C1=CC2Cc3c1c(cc1ccccc31)CCCCCCNc1ccccc12. The van der Waals surface area contributed by atoms with E-state index in [1.54, 1.807) is 11.1 Å². The van der Waals surface area contributed by atoms with Crippen molar-refractivity contribution in [3.8, 4) is 0 Å². The number of hydrogen-bond donors (Lipinski definition) is 1. The van der Waals surface area contributed by atoms with Gasteiger partial charge in [0, 0.05) is 18.2 Å². The van der Waals surface area contributed by atoms with E-state index in [0.717, 1.165) is 13.0 Å². The van der Waals surface area contributed by atoms with Gasteiger partial charge < -0.3 is 5.32 Å². The molecule has 0 saturated carbocycles. The molecule has 1 heteroatoms. The van der Waals surface area contributed by atoms with Gasteiger partial charge in [-0.25, -0.2) is 0 Å². The molecule has 1 N–H and O–H groups in total. The van der Waals surface area contributed by atoms with Crippen molar-refractivity contribution >= 4 is 22.5 Å². The minimum Gasteiger partial charge on any atom is -0.385 e. The molecule has 1 nitrogen and oxygen atoms in total. The van der Waals surface area contributed by atoms with E-state index in [1.165, 1.54) is 59.7 Å². The molecule has 0 amide bonds. The topological polar surface area (TPSA) is 12.0 Å². The zero-order valence-corrected chi connectivity index (χ0v) is 15.9. The zero-order chi connectivity index (χ0) is 18.1. The van der Waals surface area contributed by atoms with Gasteiger partial charge in [-0.15, -0.1) is 0 Å². The lowest BCUT2D eigenvalue weighted by atomic mass is 9.80. The Bertz CT molecular complexity index is 998. The summed E-state index contributed by atoms with van der Waals surface area (Å²) in [6.07, 6.45) is 12.3. The molecule has 3 aromatic carbocycles. The molecule has 1 unspecified atom stereocenters. The van der Waals surface area contributed by atoms with E-state index in [9.17, 15) is 0 Å². The maximum atomic E-state index is 3.71. The molecule has 2 heterocycles. The smallest absolute Gasteiger partial charge is 0.0378 e. The Balaban J connectivity index is 1.67. The highest BCUT2D eigenvalue weighted by atomic mass is 14.9. The van der Waals surface area contributed by atoms with Gasteiger partial charge in [0.1, 0.15) is 0 Å². The van der Waals surface area contributed by atoms with Crippen LogP contribution in [-0.2, 0) is 12.8 Å². The number of anilines is 1. The number of benzene rings is 3. The van der Waals surface area contributed by atoms with Crippen LogP contribution in [0.15, 0.2) is 60.7 Å². The summed E-state index contributed by atoms with van der Waals surface area (Å²) in [6, 6.07) is 20.3. The van der Waals surface area contributed by atoms with Crippen LogP contribution in [0.4, 0.5) is 5.69 Å². The lowest BCUT2D eigenvalue weighted by molar-refractivity contribution is 0.652. The Morgan fingerprint density at radius 1 is 0.852 bits per heavy atom. The summed E-state index contributed by atoms with van der Waals surface area (Å²) >= 11 is 0. The van der Waals surface area contributed by atoms with E-state index < -0.39 is 0 Å². The van der Waals surface area contributed by atoms with Gasteiger partial charge in [0.05, 0.1) is 0 Å². The lowest BCUT2D eigenvalue weighted by Crippen LogP contribution is -2.12. The van der Waals surface area contributed by atoms with Crippen molar-refractivity contribution in [3.05, 3.63) is 82.9 Å². The third-order valence-corrected chi connectivity index (χ3v) is 6.25. The number of aryl methyl sites for hydroxylation is 1. The summed E-state index contributed by atoms with van der Waals surface area (Å²) in [5.74, 6) is 0.447. The van der Waals surface area contributed by atoms with Crippen molar-refractivity contribution in [2.24, 2.45) is 0 Å². The van der Waals surface area contributed by atoms with Crippen molar-refractivity contribution in [2.75, 3.05) is 11.9 Å². The van der Waals surface area contributed by atoms with Crippen molar-refractivity contribution in [1.82, 2.24) is 0 Å². The first-order valence-corrected chi connectivity index (χ1v) is 10.4. The van der Waals surface area contributed by atoms with E-state index >= 15 is 0 Å². The molecule has 0 saturated heterocycles. The molecular formula is C26H27N. The number of para-hydroxylation sites is 1. The average Bonchev–Trinajstić information content (AvgIpc) is 2.72. The van der Waals surface area contributed by atoms with E-state index in [4.69, 9.17) is 0 Å². The minimum atomic E-state index is 0.447. The van der Waals surface area contributed by atoms with Gasteiger partial charge in [-0.3, -0.25) is 0 Å². The van der Waals surface area contributed by atoms with Gasteiger partial charge in [0.15, 0.2) is 0 Å². The van der Waals surface area contributed by atoms with Crippen LogP contribution in [0.2, 0.25) is 0 Å². The summed E-state index contributed by atoms with van der Waals surface area (Å²) < 4.78 is 0. The number of allylic oxidation sites excluding steroid dienone is 1. The van der Waals surface area contributed by atoms with Crippen LogP contribution in [0, 0.1) is 0 Å². The number of fused-ring (bicyclic) bond motifs is 7. The van der Waals surface area contributed by atoms with Crippen molar-refractivity contribution < 1.29 is 0 Å². The predicted octanol–water partition coefficient (Wildman–Crippen LogP) is 6.72. The highest BCUT2D eigenvalue weighted by Gasteiger charge is 2.22. The molecule has 3 aliphatic rings. The van der Waals surface area contributed by atoms with Gasteiger partial charge in [0.2, 0.25) is 0 Å². The van der Waals surface area contributed by atoms with Crippen LogP contribution < -0.4 is 5.32 Å². The molecule has 1 aliphatic carbocycles. The number of nitrogens with one attached hydrogen (secondary N) is 1. The standard InChI is InChI=1S/C26H27N/c1-2-8-16-27-26-13-7-6-12-24(26)21-14-15-23-20(9-3-1)17-19-10-4-5-11-22(19)25(23)18-21/h4-7,10-15,17,21,27H,1-3,8-9,16,18H2. The Hall–Kier alpha value is -2.54. The van der Waals surface area contributed by atoms with Crippen LogP contribution in [0.5, 0.6) is 0 Å². The summed E-state index contributed by atoms with van der Waals surface area (Å²) in [5, 5.41) is 6.55. The third-order valence-electron chi connectivity index (χ3n) is 6.25. The molecule has 4 bridgehead atoms. The second kappa shape index (κ2) is 7.23. The highest BCUT2D eigenvalue weighted by Crippen LogP contribution is 2.39. The molecule has 3 aromatic rings. The van der Waals surface area contributed by atoms with Crippen LogP contribution >= 0.6 is 0 Å². The van der Waals surface area contributed by atoms with E-state index in [0.29, 0.717) is 5.92 Å². The molecule has 2 aliphatic heterocycles. The van der Waals surface area contributed by atoms with E-state index in [1.807, 2.05) is 0 Å². The van der Waals surface area contributed by atoms with Crippen LogP contribution in [0.1, 0.15) is 53.9 Å². The van der Waals surface area contributed by atoms with Crippen LogP contribution in [0.25, 0.3) is 16.8 Å². The normalized spacial score (nSPS) is 19.3. The second-order valence-corrected chi connectivity index (χ2v) is 8.00. The largest absolute Gasteiger partial charge is 0.385 e. The molecule has 136 valence electrons. The Kier molecular flexibility index (Phi) is 4.45. The fourth-order valence-electron chi connectivity index (χ4n) is 4.85. The fourth-order valence-corrected chi connectivity index (χ4v) is 4.85. The maximum absolute atomic E-state index is 3.71. The molecule has 27 heavy (non-hydrogen) atoms. The first kappa shape index (κ1) is 16.6. The molecule has 6 rings (SSSR count). The van der Waals surface area contributed by atoms with Gasteiger partial charge in [-0.2, -0.15) is 0 Å². The van der Waals surface area contributed by atoms with Crippen LogP contribution in [-0.4, -0.2) is 6.54 Å². The van der Waals surface area contributed by atoms with Gasteiger partial charge in [0.25, 0.3) is 0 Å².